The maximum absolute atomic E-state index is 11.2. The fraction of sp³-hybridized carbons (Fsp3) is 1.00. The number of aliphatic hydroxyl groups is 7. The third kappa shape index (κ3) is 24.0. The molecule has 60 heavy (non-hydrogen) atoms. The van der Waals surface area contributed by atoms with Gasteiger partial charge in [-0.2, -0.15) is 0 Å². The van der Waals surface area contributed by atoms with Gasteiger partial charge in [0.15, 0.2) is 12.6 Å². The fourth-order valence-electron chi connectivity index (χ4n) is 8.98. The molecule has 11 heteroatoms. The van der Waals surface area contributed by atoms with Crippen LogP contribution in [-0.2, 0) is 18.9 Å². The Morgan fingerprint density at radius 1 is 0.367 bits per heavy atom. The monoisotopic (exact) mass is 861 g/mol. The van der Waals surface area contributed by atoms with E-state index in [1.54, 1.807) is 0 Å². The minimum atomic E-state index is -1.70. The minimum Gasteiger partial charge on any atom is -0.394 e. The lowest BCUT2D eigenvalue weighted by Gasteiger charge is -2.46. The molecule has 2 aliphatic rings. The largest absolute Gasteiger partial charge is 0.394 e. The van der Waals surface area contributed by atoms with Gasteiger partial charge in [0.1, 0.15) is 48.8 Å². The molecule has 0 unspecified atom stereocenters. The molecule has 11 nitrogen and oxygen atoms in total. The van der Waals surface area contributed by atoms with Crippen LogP contribution in [-0.4, -0.2) is 116 Å². The zero-order valence-corrected chi connectivity index (χ0v) is 38.6. The number of ether oxygens (including phenoxy) is 4. The maximum atomic E-state index is 11.2. The van der Waals surface area contributed by atoms with Crippen molar-refractivity contribution in [3.8, 4) is 0 Å². The van der Waals surface area contributed by atoms with Crippen molar-refractivity contribution in [1.29, 1.82) is 0 Å². The van der Waals surface area contributed by atoms with Gasteiger partial charge in [-0.1, -0.05) is 219 Å². The molecular formula is C49H96O11. The third-order valence-corrected chi connectivity index (χ3v) is 13.0. The molecule has 11 atom stereocenters. The third-order valence-electron chi connectivity index (χ3n) is 13.0. The zero-order chi connectivity index (χ0) is 43.6. The summed E-state index contributed by atoms with van der Waals surface area (Å²) in [4.78, 5) is 0. The summed E-state index contributed by atoms with van der Waals surface area (Å²) < 4.78 is 23.6. The molecule has 0 radical (unpaired) electrons. The Hall–Kier alpha value is -0.440. The Kier molecular flexibility index (Phi) is 34.2. The second-order valence-corrected chi connectivity index (χ2v) is 18.4. The summed E-state index contributed by atoms with van der Waals surface area (Å²) in [7, 11) is 0. The SMILES string of the molecule is CCCCCCCCCCCCCCCCCCC[C@@H](CCCCCCCCCCCCCCCCC)O[C@@H]1O[C@H](CO)[C@H](O[C@H]2O[C@H](CO)[C@@H](O)[C@H](O)[C@H]2O)[C@H](O)[C@H]1O. The summed E-state index contributed by atoms with van der Waals surface area (Å²) in [6, 6.07) is 0. The van der Waals surface area contributed by atoms with Gasteiger partial charge in [0.05, 0.1) is 19.3 Å². The van der Waals surface area contributed by atoms with E-state index >= 15 is 0 Å². The number of hydrogen-bond donors (Lipinski definition) is 7. The smallest absolute Gasteiger partial charge is 0.187 e. The second-order valence-electron chi connectivity index (χ2n) is 18.4. The zero-order valence-electron chi connectivity index (χ0n) is 38.6. The number of hydrogen-bond acceptors (Lipinski definition) is 11. The highest BCUT2D eigenvalue weighted by Gasteiger charge is 2.51. The topological polar surface area (TPSA) is 179 Å². The summed E-state index contributed by atoms with van der Waals surface area (Å²) in [6.45, 7) is 3.32. The van der Waals surface area contributed by atoms with Crippen molar-refractivity contribution in [1.82, 2.24) is 0 Å². The van der Waals surface area contributed by atoms with Crippen molar-refractivity contribution in [2.45, 2.75) is 300 Å². The van der Waals surface area contributed by atoms with Gasteiger partial charge in [0.2, 0.25) is 0 Å². The molecule has 0 aromatic heterocycles. The highest BCUT2D eigenvalue weighted by atomic mass is 16.7. The molecule has 0 bridgehead atoms. The Balaban J connectivity index is 1.76. The minimum absolute atomic E-state index is 0.183. The van der Waals surface area contributed by atoms with Gasteiger partial charge < -0.3 is 54.7 Å². The van der Waals surface area contributed by atoms with Crippen LogP contribution in [0.15, 0.2) is 0 Å². The molecule has 0 aromatic rings. The van der Waals surface area contributed by atoms with E-state index in [0.717, 1.165) is 38.5 Å². The first-order chi connectivity index (χ1) is 29.3. The van der Waals surface area contributed by atoms with Gasteiger partial charge in [0.25, 0.3) is 0 Å². The molecule has 2 aliphatic heterocycles. The molecule has 0 spiro atoms. The number of unbranched alkanes of at least 4 members (excludes halogenated alkanes) is 30. The van der Waals surface area contributed by atoms with Crippen molar-refractivity contribution < 1.29 is 54.7 Å². The summed E-state index contributed by atoms with van der Waals surface area (Å²) in [6.07, 6.45) is 28.7. The van der Waals surface area contributed by atoms with Crippen molar-refractivity contribution in [2.75, 3.05) is 13.2 Å². The Labute approximate surface area is 366 Å². The first kappa shape index (κ1) is 55.7. The van der Waals surface area contributed by atoms with Crippen molar-refractivity contribution in [3.05, 3.63) is 0 Å². The van der Waals surface area contributed by atoms with Crippen LogP contribution in [0, 0.1) is 0 Å². The maximum Gasteiger partial charge on any atom is 0.187 e. The van der Waals surface area contributed by atoms with Crippen molar-refractivity contribution >= 4 is 0 Å². The number of rotatable bonds is 40. The molecule has 358 valence electrons. The van der Waals surface area contributed by atoms with Crippen LogP contribution in [0.3, 0.4) is 0 Å². The summed E-state index contributed by atoms with van der Waals surface area (Å²) >= 11 is 0. The van der Waals surface area contributed by atoms with E-state index < -0.39 is 74.6 Å². The van der Waals surface area contributed by atoms with E-state index in [1.165, 1.54) is 180 Å². The molecule has 0 aliphatic carbocycles. The van der Waals surface area contributed by atoms with E-state index in [9.17, 15) is 35.7 Å². The molecule has 2 heterocycles. The molecule has 2 rings (SSSR count). The predicted octanol–water partition coefficient (Wildman–Crippen LogP) is 9.30. The van der Waals surface area contributed by atoms with Crippen LogP contribution in [0.2, 0.25) is 0 Å². The molecule has 2 saturated heterocycles. The van der Waals surface area contributed by atoms with Gasteiger partial charge in [-0.15, -0.1) is 0 Å². The van der Waals surface area contributed by atoms with Crippen LogP contribution in [0.5, 0.6) is 0 Å². The summed E-state index contributed by atoms with van der Waals surface area (Å²) in [5.41, 5.74) is 0. The second kappa shape index (κ2) is 36.9. The van der Waals surface area contributed by atoms with Crippen molar-refractivity contribution in [3.63, 3.8) is 0 Å². The van der Waals surface area contributed by atoms with Gasteiger partial charge in [-0.3, -0.25) is 0 Å². The van der Waals surface area contributed by atoms with Crippen LogP contribution in [0.25, 0.3) is 0 Å². The molecule has 2 fully saturated rings. The van der Waals surface area contributed by atoms with Crippen LogP contribution in [0.4, 0.5) is 0 Å². The molecule has 0 amide bonds. The highest BCUT2D eigenvalue weighted by Crippen LogP contribution is 2.31. The van der Waals surface area contributed by atoms with Crippen LogP contribution < -0.4 is 0 Å². The lowest BCUT2D eigenvalue weighted by molar-refractivity contribution is -0.363. The number of aliphatic hydroxyl groups excluding tert-OH is 7. The summed E-state index contributed by atoms with van der Waals surface area (Å²) in [5, 5.41) is 73.0. The Morgan fingerprint density at radius 2 is 0.683 bits per heavy atom. The van der Waals surface area contributed by atoms with E-state index in [0.29, 0.717) is 0 Å². The van der Waals surface area contributed by atoms with Crippen LogP contribution in [0.1, 0.15) is 232 Å². The molecule has 0 saturated carbocycles. The summed E-state index contributed by atoms with van der Waals surface area (Å²) in [5.74, 6) is 0. The van der Waals surface area contributed by atoms with E-state index in [1.807, 2.05) is 0 Å². The van der Waals surface area contributed by atoms with E-state index in [-0.39, 0.29) is 6.10 Å². The first-order valence-electron chi connectivity index (χ1n) is 25.5. The average Bonchev–Trinajstić information content (AvgIpc) is 3.25. The predicted molar refractivity (Wildman–Crippen MR) is 240 cm³/mol. The normalized spacial score (nSPS) is 27.8. The highest BCUT2D eigenvalue weighted by molar-refractivity contribution is 4.94. The van der Waals surface area contributed by atoms with E-state index in [2.05, 4.69) is 13.8 Å². The Bertz CT molecular complexity index is 941. The molecular weight excluding hydrogens is 765 g/mol. The van der Waals surface area contributed by atoms with Gasteiger partial charge in [-0.05, 0) is 12.8 Å². The molecule has 0 aromatic carbocycles. The van der Waals surface area contributed by atoms with Crippen LogP contribution >= 0.6 is 0 Å². The van der Waals surface area contributed by atoms with Gasteiger partial charge in [0, 0.05) is 0 Å². The average molecular weight is 861 g/mol. The quantitative estimate of drug-likeness (QED) is 0.0292. The Morgan fingerprint density at radius 3 is 1.03 bits per heavy atom. The molecule has 7 N–H and O–H groups in total. The van der Waals surface area contributed by atoms with E-state index in [4.69, 9.17) is 18.9 Å². The lowest BCUT2D eigenvalue weighted by Crippen LogP contribution is -2.64. The van der Waals surface area contributed by atoms with Crippen molar-refractivity contribution in [2.24, 2.45) is 0 Å². The van der Waals surface area contributed by atoms with Gasteiger partial charge >= 0.3 is 0 Å². The standard InChI is InChI=1S/C49H96O11/c1-3-5-7-9-11-13-15-17-19-20-22-24-26-28-30-32-34-36-39(35-33-31-29-27-25-23-21-18-16-14-12-10-8-6-4-2)57-48-46(56)44(54)47(41(38-51)59-48)60-49-45(55)43(53)42(52)40(37-50)58-49/h39-56H,3-38H2,1-2H3/t39-,40-,41-,42-,43+,44-,45-,46-,47+,48-,49-/m1/s1. The fourth-order valence-corrected chi connectivity index (χ4v) is 8.98. The first-order valence-corrected chi connectivity index (χ1v) is 25.5. The lowest BCUT2D eigenvalue weighted by atomic mass is 9.96. The van der Waals surface area contributed by atoms with Gasteiger partial charge in [-0.25, -0.2) is 0 Å².